The second kappa shape index (κ2) is 6.21. The Morgan fingerprint density at radius 2 is 1.89 bits per heavy atom. The molecule has 1 aliphatic carbocycles. The summed E-state index contributed by atoms with van der Waals surface area (Å²) in [5.41, 5.74) is -1.49. The molecule has 3 saturated heterocycles. The highest BCUT2D eigenvalue weighted by atomic mass is 16.2. The molecule has 1 unspecified atom stereocenters. The maximum Gasteiger partial charge on any atom is 0.325 e. The first kappa shape index (κ1) is 18.3. The summed E-state index contributed by atoms with van der Waals surface area (Å²) in [6.45, 7) is 5.77. The third kappa shape index (κ3) is 3.08. The number of nitrogens with zero attached hydrogens (tertiary/aromatic N) is 3. The largest absolute Gasteiger partial charge is 0.342 e. The Balaban J connectivity index is 1.41. The third-order valence-electron chi connectivity index (χ3n) is 6.70. The summed E-state index contributed by atoms with van der Waals surface area (Å²) in [5, 5.41) is 2.26. The van der Waals surface area contributed by atoms with Gasteiger partial charge in [-0.15, -0.1) is 0 Å². The molecule has 1 atom stereocenters. The van der Waals surface area contributed by atoms with E-state index in [1.807, 2.05) is 4.90 Å². The molecular formula is C19H28N4O4. The van der Waals surface area contributed by atoms with Gasteiger partial charge in [0.1, 0.15) is 12.1 Å². The van der Waals surface area contributed by atoms with Crippen LogP contribution in [0.2, 0.25) is 0 Å². The van der Waals surface area contributed by atoms with Gasteiger partial charge in [0.25, 0.3) is 5.91 Å². The van der Waals surface area contributed by atoms with E-state index in [0.29, 0.717) is 25.4 Å². The monoisotopic (exact) mass is 376 g/mol. The number of nitrogens with one attached hydrogen (secondary N) is 1. The summed E-state index contributed by atoms with van der Waals surface area (Å²) in [7, 11) is 0. The molecule has 0 radical (unpaired) electrons. The fourth-order valence-corrected chi connectivity index (χ4v) is 4.60. The van der Waals surface area contributed by atoms with Crippen molar-refractivity contribution in [3.8, 4) is 0 Å². The van der Waals surface area contributed by atoms with Crippen LogP contribution in [0.5, 0.6) is 0 Å². The minimum absolute atomic E-state index is 0.138. The minimum Gasteiger partial charge on any atom is -0.342 e. The van der Waals surface area contributed by atoms with Gasteiger partial charge in [-0.3, -0.25) is 19.7 Å². The van der Waals surface area contributed by atoms with Crippen LogP contribution in [-0.2, 0) is 14.4 Å². The Kier molecular flexibility index (Phi) is 4.20. The van der Waals surface area contributed by atoms with E-state index in [1.165, 1.54) is 17.7 Å². The molecule has 4 rings (SSSR count). The number of hydrogen-bond acceptors (Lipinski definition) is 4. The lowest BCUT2D eigenvalue weighted by Gasteiger charge is -2.39. The number of urea groups is 1. The molecule has 5 amide bonds. The van der Waals surface area contributed by atoms with E-state index in [-0.39, 0.29) is 18.4 Å². The molecule has 8 nitrogen and oxygen atoms in total. The summed E-state index contributed by atoms with van der Waals surface area (Å²) < 4.78 is 0. The Labute approximate surface area is 159 Å². The molecule has 0 aromatic heterocycles. The lowest BCUT2D eigenvalue weighted by Crippen LogP contribution is -2.52. The van der Waals surface area contributed by atoms with E-state index in [9.17, 15) is 19.2 Å². The first-order valence-electron chi connectivity index (χ1n) is 9.93. The van der Waals surface area contributed by atoms with Crippen molar-refractivity contribution in [1.82, 2.24) is 20.0 Å². The summed E-state index contributed by atoms with van der Waals surface area (Å²) in [6.07, 6.45) is 4.93. The first-order chi connectivity index (χ1) is 12.7. The zero-order valence-corrected chi connectivity index (χ0v) is 16.1. The van der Waals surface area contributed by atoms with Crippen molar-refractivity contribution < 1.29 is 19.2 Å². The second-order valence-corrected chi connectivity index (χ2v) is 9.05. The van der Waals surface area contributed by atoms with E-state index < -0.39 is 22.9 Å². The molecule has 27 heavy (non-hydrogen) atoms. The van der Waals surface area contributed by atoms with Crippen molar-refractivity contribution in [3.63, 3.8) is 0 Å². The van der Waals surface area contributed by atoms with Crippen LogP contribution in [0.3, 0.4) is 0 Å². The maximum absolute atomic E-state index is 13.1. The van der Waals surface area contributed by atoms with Crippen LogP contribution in [0.1, 0.15) is 46.0 Å². The fraction of sp³-hybridized carbons (Fsp3) is 0.789. The molecule has 148 valence electrons. The van der Waals surface area contributed by atoms with Gasteiger partial charge >= 0.3 is 6.03 Å². The Morgan fingerprint density at radius 3 is 2.52 bits per heavy atom. The van der Waals surface area contributed by atoms with Gasteiger partial charge in [-0.25, -0.2) is 4.79 Å². The highest BCUT2D eigenvalue weighted by molar-refractivity contribution is 6.07. The zero-order valence-electron chi connectivity index (χ0n) is 16.1. The van der Waals surface area contributed by atoms with Crippen molar-refractivity contribution in [2.75, 3.05) is 32.7 Å². The van der Waals surface area contributed by atoms with Gasteiger partial charge in [0.15, 0.2) is 0 Å². The Bertz CT molecular complexity index is 702. The highest BCUT2D eigenvalue weighted by Crippen LogP contribution is 2.41. The van der Waals surface area contributed by atoms with Gasteiger partial charge in [-0.1, -0.05) is 0 Å². The number of likely N-dealkylation sites (tertiary alicyclic amines) is 2. The molecule has 1 saturated carbocycles. The molecule has 8 heteroatoms. The highest BCUT2D eigenvalue weighted by Gasteiger charge is 2.51. The summed E-state index contributed by atoms with van der Waals surface area (Å²) >= 11 is 0. The Hall–Kier alpha value is -2.12. The maximum atomic E-state index is 13.1. The molecule has 0 aromatic carbocycles. The van der Waals surface area contributed by atoms with Gasteiger partial charge in [0.2, 0.25) is 11.8 Å². The number of rotatable bonds is 4. The van der Waals surface area contributed by atoms with Gasteiger partial charge in [0, 0.05) is 26.2 Å². The molecule has 0 aromatic rings. The standard InChI is InChI=1S/C19H28N4O4/c1-18(2)15(25)20-17(27)23(18)11-14(24)22-9-7-19(12-22)6-3-8-21(16(19)26)10-13-4-5-13/h13H,3-12H2,1-2H3,(H,20,25,27). The predicted molar refractivity (Wildman–Crippen MR) is 96.5 cm³/mol. The van der Waals surface area contributed by atoms with E-state index >= 15 is 0 Å². The number of imide groups is 1. The third-order valence-corrected chi connectivity index (χ3v) is 6.70. The van der Waals surface area contributed by atoms with Crippen LogP contribution in [0.4, 0.5) is 4.79 Å². The van der Waals surface area contributed by atoms with Crippen LogP contribution in [-0.4, -0.2) is 76.7 Å². The van der Waals surface area contributed by atoms with E-state index in [1.54, 1.807) is 18.7 Å². The predicted octanol–water partition coefficient (Wildman–Crippen LogP) is 0.568. The quantitative estimate of drug-likeness (QED) is 0.727. The summed E-state index contributed by atoms with van der Waals surface area (Å²) in [6, 6.07) is -0.531. The van der Waals surface area contributed by atoms with Crippen molar-refractivity contribution in [3.05, 3.63) is 0 Å². The topological polar surface area (TPSA) is 90.0 Å². The number of amides is 5. The second-order valence-electron chi connectivity index (χ2n) is 9.05. The first-order valence-corrected chi connectivity index (χ1v) is 9.93. The smallest absolute Gasteiger partial charge is 0.325 e. The van der Waals surface area contributed by atoms with Crippen molar-refractivity contribution in [2.24, 2.45) is 11.3 Å². The zero-order chi connectivity index (χ0) is 19.4. The molecule has 0 bridgehead atoms. The van der Waals surface area contributed by atoms with Crippen molar-refractivity contribution in [1.29, 1.82) is 0 Å². The number of carbonyl (C=O) groups is 4. The molecule has 1 N–H and O–H groups in total. The van der Waals surface area contributed by atoms with E-state index in [4.69, 9.17) is 0 Å². The average Bonchev–Trinajstić information content (AvgIpc) is 3.29. The Morgan fingerprint density at radius 1 is 1.15 bits per heavy atom. The number of piperidine rings is 1. The van der Waals surface area contributed by atoms with Crippen LogP contribution < -0.4 is 5.32 Å². The van der Waals surface area contributed by atoms with E-state index in [2.05, 4.69) is 5.32 Å². The van der Waals surface area contributed by atoms with Crippen molar-refractivity contribution >= 4 is 23.8 Å². The van der Waals surface area contributed by atoms with Crippen LogP contribution in [0.25, 0.3) is 0 Å². The fourth-order valence-electron chi connectivity index (χ4n) is 4.60. The molecule has 1 spiro atoms. The lowest BCUT2D eigenvalue weighted by atomic mass is 9.78. The van der Waals surface area contributed by atoms with Crippen LogP contribution in [0.15, 0.2) is 0 Å². The number of carbonyl (C=O) groups excluding carboxylic acids is 4. The molecule has 4 fully saturated rings. The van der Waals surface area contributed by atoms with Gasteiger partial charge < -0.3 is 14.7 Å². The normalized spacial score (nSPS) is 30.4. The average molecular weight is 376 g/mol. The van der Waals surface area contributed by atoms with Gasteiger partial charge in [0.05, 0.1) is 5.41 Å². The SMILES string of the molecule is CC1(C)C(=O)NC(=O)N1CC(=O)N1CCC2(CCCN(CC3CC3)C2=O)C1. The molecule has 3 aliphatic heterocycles. The minimum atomic E-state index is -1.04. The van der Waals surface area contributed by atoms with Crippen LogP contribution >= 0.6 is 0 Å². The molecule has 4 aliphatic rings. The molecular weight excluding hydrogens is 348 g/mol. The lowest BCUT2D eigenvalue weighted by molar-refractivity contribution is -0.146. The number of hydrogen-bond donors (Lipinski definition) is 1. The van der Waals surface area contributed by atoms with E-state index in [0.717, 1.165) is 25.9 Å². The van der Waals surface area contributed by atoms with Crippen molar-refractivity contribution in [2.45, 2.75) is 51.5 Å². The van der Waals surface area contributed by atoms with Crippen LogP contribution in [0, 0.1) is 11.3 Å². The summed E-state index contributed by atoms with van der Waals surface area (Å²) in [4.78, 5) is 54.8. The van der Waals surface area contributed by atoms with Gasteiger partial charge in [-0.05, 0) is 51.9 Å². The summed E-state index contributed by atoms with van der Waals surface area (Å²) in [5.74, 6) is 0.273. The molecule has 3 heterocycles. The van der Waals surface area contributed by atoms with Gasteiger partial charge in [-0.2, -0.15) is 0 Å².